The van der Waals surface area contributed by atoms with Gasteiger partial charge in [0.2, 0.25) is 6.33 Å². The van der Waals surface area contributed by atoms with Gasteiger partial charge in [0.1, 0.15) is 0 Å². The molecule has 0 atom stereocenters. The molecular weight excluding hydrogens is 164 g/mol. The highest BCUT2D eigenvalue weighted by Crippen LogP contribution is 1.67. The molecule has 0 saturated carbocycles. The highest BCUT2D eigenvalue weighted by Gasteiger charge is 1.97. The third-order valence-corrected chi connectivity index (χ3v) is 1.11. The Labute approximate surface area is 66.0 Å². The van der Waals surface area contributed by atoms with Crippen LogP contribution in [-0.4, -0.2) is 26.2 Å². The van der Waals surface area contributed by atoms with Crippen molar-refractivity contribution < 1.29 is 5.21 Å². The van der Waals surface area contributed by atoms with Crippen molar-refractivity contribution in [3.8, 4) is 0 Å². The van der Waals surface area contributed by atoms with E-state index in [1.807, 2.05) is 5.10 Å². The number of hydrogen-bond acceptors (Lipinski definition) is 5. The topological polar surface area (TPSA) is 100 Å². The molecule has 0 aliphatic carbocycles. The number of aromatic nitrogens is 3. The first-order valence-electron chi connectivity index (χ1n) is 2.99. The van der Waals surface area contributed by atoms with Gasteiger partial charge in [-0.1, -0.05) is 0 Å². The van der Waals surface area contributed by atoms with Gasteiger partial charge in [0, 0.05) is 0 Å². The second-order valence-electron chi connectivity index (χ2n) is 1.87. The number of nitrogens with one attached hydrogen (secondary N) is 1. The first-order chi connectivity index (χ1) is 5.75. The molecule has 2 N–H and O–H groups in total. The standard InChI is InChI=1S/C5H5N4O3/c10-4-5(11)9(2-1-7-12)3-6-8-4/h1,12H,2H2,(H,8,10)/b7-1+. The average Bonchev–Trinajstić information content (AvgIpc) is 2.08. The predicted octanol–water partition coefficient (Wildman–Crippen LogP) is -1.81. The minimum absolute atomic E-state index is 0.0355. The van der Waals surface area contributed by atoms with E-state index in [1.54, 1.807) is 0 Å². The van der Waals surface area contributed by atoms with Gasteiger partial charge in [0.15, 0.2) is 0 Å². The predicted molar refractivity (Wildman–Crippen MR) is 38.2 cm³/mol. The lowest BCUT2D eigenvalue weighted by Crippen LogP contribution is -2.37. The summed E-state index contributed by atoms with van der Waals surface area (Å²) in [6.07, 6.45) is 3.25. The molecule has 0 aliphatic rings. The minimum Gasteiger partial charge on any atom is -0.411 e. The first kappa shape index (κ1) is 8.18. The molecule has 1 heterocycles. The summed E-state index contributed by atoms with van der Waals surface area (Å²) in [4.78, 5) is 21.5. The third-order valence-electron chi connectivity index (χ3n) is 1.11. The average molecular weight is 169 g/mol. The first-order valence-corrected chi connectivity index (χ1v) is 2.99. The molecule has 1 aromatic rings. The summed E-state index contributed by atoms with van der Waals surface area (Å²) in [5.41, 5.74) is -1.62. The maximum atomic E-state index is 10.9. The van der Waals surface area contributed by atoms with E-state index in [0.29, 0.717) is 0 Å². The number of rotatable bonds is 2. The Kier molecular flexibility index (Phi) is 2.36. The fraction of sp³-hybridized carbons (Fsp3) is 0.200. The van der Waals surface area contributed by atoms with Gasteiger partial charge in [0.05, 0.1) is 12.8 Å². The molecule has 12 heavy (non-hydrogen) atoms. The summed E-state index contributed by atoms with van der Waals surface area (Å²) in [7, 11) is 0. The van der Waals surface area contributed by atoms with Crippen molar-refractivity contribution in [3.05, 3.63) is 27.0 Å². The van der Waals surface area contributed by atoms with E-state index < -0.39 is 11.1 Å². The molecule has 0 aliphatic heterocycles. The molecule has 63 valence electrons. The Hall–Kier alpha value is -1.92. The number of aromatic amines is 1. The van der Waals surface area contributed by atoms with Crippen LogP contribution in [0.3, 0.4) is 0 Å². The molecule has 0 amide bonds. The van der Waals surface area contributed by atoms with Gasteiger partial charge < -0.3 is 5.21 Å². The lowest BCUT2D eigenvalue weighted by atomic mass is 10.6. The van der Waals surface area contributed by atoms with Crippen LogP contribution >= 0.6 is 0 Å². The summed E-state index contributed by atoms with van der Waals surface area (Å²) in [6.45, 7) is -0.0355. The van der Waals surface area contributed by atoms with Crippen molar-refractivity contribution >= 4 is 6.21 Å². The zero-order valence-electron chi connectivity index (χ0n) is 5.89. The van der Waals surface area contributed by atoms with E-state index in [9.17, 15) is 9.59 Å². The number of H-pyrrole nitrogens is 1. The SMILES string of the molecule is O=c1[nH]n[c]n(C/C=N/O)c1=O. The smallest absolute Gasteiger partial charge is 0.330 e. The van der Waals surface area contributed by atoms with Crippen LogP contribution < -0.4 is 11.1 Å². The van der Waals surface area contributed by atoms with Crippen LogP contribution in [0.1, 0.15) is 0 Å². The summed E-state index contributed by atoms with van der Waals surface area (Å²) in [6, 6.07) is 0. The maximum absolute atomic E-state index is 10.9. The Bertz CT molecular complexity index is 390. The fourth-order valence-corrected chi connectivity index (χ4v) is 0.594. The van der Waals surface area contributed by atoms with Gasteiger partial charge in [-0.05, 0) is 0 Å². The van der Waals surface area contributed by atoms with Crippen molar-refractivity contribution in [1.29, 1.82) is 0 Å². The van der Waals surface area contributed by atoms with Crippen LogP contribution in [0, 0.1) is 6.33 Å². The molecule has 0 saturated heterocycles. The Morgan fingerprint density at radius 3 is 3.17 bits per heavy atom. The van der Waals surface area contributed by atoms with Crippen LogP contribution in [-0.2, 0) is 6.54 Å². The van der Waals surface area contributed by atoms with Crippen LogP contribution in [0.15, 0.2) is 14.7 Å². The molecule has 1 aromatic heterocycles. The summed E-state index contributed by atoms with van der Waals surface area (Å²) in [5, 5.41) is 15.8. The molecule has 0 spiro atoms. The molecule has 0 aromatic carbocycles. The van der Waals surface area contributed by atoms with E-state index in [2.05, 4.69) is 16.6 Å². The molecule has 1 radical (unpaired) electrons. The zero-order chi connectivity index (χ0) is 8.97. The Morgan fingerprint density at radius 2 is 2.50 bits per heavy atom. The molecular formula is C5H5N4O3. The van der Waals surface area contributed by atoms with Crippen LogP contribution in [0.25, 0.3) is 0 Å². The van der Waals surface area contributed by atoms with Gasteiger partial charge in [-0.3, -0.25) is 14.2 Å². The van der Waals surface area contributed by atoms with Crippen LogP contribution in [0.4, 0.5) is 0 Å². The van der Waals surface area contributed by atoms with Crippen molar-refractivity contribution in [2.45, 2.75) is 6.54 Å². The van der Waals surface area contributed by atoms with E-state index in [0.717, 1.165) is 10.8 Å². The lowest BCUT2D eigenvalue weighted by Gasteiger charge is -1.94. The number of hydrogen-bond donors (Lipinski definition) is 2. The van der Waals surface area contributed by atoms with Gasteiger partial charge in [0.25, 0.3) is 0 Å². The quantitative estimate of drug-likeness (QED) is 0.236. The number of nitrogens with zero attached hydrogens (tertiary/aromatic N) is 3. The molecule has 0 fully saturated rings. The van der Waals surface area contributed by atoms with E-state index >= 15 is 0 Å². The van der Waals surface area contributed by atoms with Crippen molar-refractivity contribution in [3.63, 3.8) is 0 Å². The zero-order valence-corrected chi connectivity index (χ0v) is 5.89. The van der Waals surface area contributed by atoms with Crippen molar-refractivity contribution in [1.82, 2.24) is 14.8 Å². The molecule has 0 bridgehead atoms. The Balaban J connectivity index is 3.09. The fourth-order valence-electron chi connectivity index (χ4n) is 0.594. The third kappa shape index (κ3) is 1.57. The number of oxime groups is 1. The normalized spacial score (nSPS) is 10.7. The van der Waals surface area contributed by atoms with Gasteiger partial charge in [-0.15, -0.1) is 5.16 Å². The van der Waals surface area contributed by atoms with Gasteiger partial charge >= 0.3 is 11.1 Å². The van der Waals surface area contributed by atoms with E-state index in [-0.39, 0.29) is 6.54 Å². The highest BCUT2D eigenvalue weighted by atomic mass is 16.4. The monoisotopic (exact) mass is 169 g/mol. The van der Waals surface area contributed by atoms with Crippen molar-refractivity contribution in [2.24, 2.45) is 5.16 Å². The van der Waals surface area contributed by atoms with Crippen LogP contribution in [0.2, 0.25) is 0 Å². The largest absolute Gasteiger partial charge is 0.411 e. The maximum Gasteiger partial charge on any atom is 0.330 e. The Morgan fingerprint density at radius 1 is 1.75 bits per heavy atom. The van der Waals surface area contributed by atoms with Crippen molar-refractivity contribution in [2.75, 3.05) is 0 Å². The molecule has 0 unspecified atom stereocenters. The molecule has 7 nitrogen and oxygen atoms in total. The van der Waals surface area contributed by atoms with E-state index in [1.165, 1.54) is 0 Å². The highest BCUT2D eigenvalue weighted by molar-refractivity contribution is 5.55. The minimum atomic E-state index is -0.833. The summed E-state index contributed by atoms with van der Waals surface area (Å²) in [5.74, 6) is 0. The second-order valence-corrected chi connectivity index (χ2v) is 1.87. The van der Waals surface area contributed by atoms with Gasteiger partial charge in [-0.25, -0.2) is 5.10 Å². The lowest BCUT2D eigenvalue weighted by molar-refractivity contribution is 0.320. The van der Waals surface area contributed by atoms with E-state index in [4.69, 9.17) is 5.21 Å². The second kappa shape index (κ2) is 3.46. The summed E-state index contributed by atoms with van der Waals surface area (Å²) < 4.78 is 0.887. The molecule has 7 heteroatoms. The van der Waals surface area contributed by atoms with Gasteiger partial charge in [-0.2, -0.15) is 5.10 Å². The van der Waals surface area contributed by atoms with Crippen LogP contribution in [0.5, 0.6) is 0 Å². The summed E-state index contributed by atoms with van der Waals surface area (Å²) >= 11 is 0. The molecule has 1 rings (SSSR count).